The Morgan fingerprint density at radius 1 is 0.674 bits per heavy atom. The van der Waals surface area contributed by atoms with Crippen LogP contribution in [0.1, 0.15) is 93.4 Å². The van der Waals surface area contributed by atoms with Gasteiger partial charge in [-0.2, -0.15) is 0 Å². The zero-order chi connectivity index (χ0) is 32.3. The number of carbonyl (C=O) groups is 3. The molecule has 0 radical (unpaired) electrons. The first kappa shape index (κ1) is 38.0. The standard InChI is InChI=1S/C32H57N5O6/c1-9-10-11-14-21-41-27-24-28(42-22-15-12-13-16-35-31(40)43-32(2,3)4)26(30(39)34-18-20-37(7)8)23-25(27)29(38)33-17-19-36(5)6/h23-24H,9-22H2,1-8H3,(H,33,38)(H,34,39)(H,35,40). The fourth-order valence-electron chi connectivity index (χ4n) is 3.93. The summed E-state index contributed by atoms with van der Waals surface area (Å²) in [5.74, 6) is 0.176. The molecule has 11 nitrogen and oxygen atoms in total. The summed E-state index contributed by atoms with van der Waals surface area (Å²) < 4.78 is 17.5. The molecule has 1 aromatic rings. The third kappa shape index (κ3) is 17.6. The number of rotatable bonds is 21. The van der Waals surface area contributed by atoms with Gasteiger partial charge in [-0.05, 0) is 80.7 Å². The van der Waals surface area contributed by atoms with Crippen LogP contribution in [0.15, 0.2) is 12.1 Å². The Balaban J connectivity index is 3.02. The van der Waals surface area contributed by atoms with Crippen molar-refractivity contribution < 1.29 is 28.6 Å². The number of benzene rings is 1. The zero-order valence-corrected chi connectivity index (χ0v) is 27.9. The Morgan fingerprint density at radius 3 is 1.60 bits per heavy atom. The van der Waals surface area contributed by atoms with Crippen LogP contribution in [0.25, 0.3) is 0 Å². The number of amides is 3. The first-order chi connectivity index (χ1) is 20.3. The average Bonchev–Trinajstić information content (AvgIpc) is 2.90. The maximum Gasteiger partial charge on any atom is 0.407 e. The van der Waals surface area contributed by atoms with E-state index < -0.39 is 11.7 Å². The van der Waals surface area contributed by atoms with Crippen molar-refractivity contribution in [1.29, 1.82) is 0 Å². The molecule has 11 heteroatoms. The maximum absolute atomic E-state index is 13.3. The molecule has 1 aromatic carbocycles. The summed E-state index contributed by atoms with van der Waals surface area (Å²) in [4.78, 5) is 42.3. The molecule has 0 fully saturated rings. The Hall–Kier alpha value is -3.05. The number of likely N-dealkylation sites (N-methyl/N-ethyl adjacent to an activating group) is 2. The Kier molecular flexibility index (Phi) is 18.4. The molecule has 0 aliphatic heterocycles. The molecular formula is C32H57N5O6. The topological polar surface area (TPSA) is 121 Å². The van der Waals surface area contributed by atoms with Crippen LogP contribution in [-0.2, 0) is 4.74 Å². The molecule has 0 saturated carbocycles. The zero-order valence-electron chi connectivity index (χ0n) is 27.9. The molecule has 0 atom stereocenters. The van der Waals surface area contributed by atoms with E-state index >= 15 is 0 Å². The van der Waals surface area contributed by atoms with Crippen LogP contribution in [0.4, 0.5) is 4.79 Å². The molecule has 0 aromatic heterocycles. The lowest BCUT2D eigenvalue weighted by Gasteiger charge is -2.19. The molecule has 0 bridgehead atoms. The third-order valence-corrected chi connectivity index (χ3v) is 6.26. The van der Waals surface area contributed by atoms with Gasteiger partial charge in [0.2, 0.25) is 0 Å². The summed E-state index contributed by atoms with van der Waals surface area (Å²) in [6.07, 6.45) is 6.02. The van der Waals surface area contributed by atoms with E-state index in [-0.39, 0.29) is 11.8 Å². The number of unbranched alkanes of at least 4 members (excludes halogenated alkanes) is 5. The lowest BCUT2D eigenvalue weighted by Crippen LogP contribution is -2.33. The highest BCUT2D eigenvalue weighted by Gasteiger charge is 2.22. The van der Waals surface area contributed by atoms with Crippen molar-refractivity contribution in [2.75, 3.05) is 74.1 Å². The minimum Gasteiger partial charge on any atom is -0.493 e. The number of hydrogen-bond donors (Lipinski definition) is 3. The normalized spacial score (nSPS) is 11.4. The van der Waals surface area contributed by atoms with E-state index in [0.29, 0.717) is 68.6 Å². The van der Waals surface area contributed by atoms with Crippen molar-refractivity contribution in [1.82, 2.24) is 25.8 Å². The molecule has 43 heavy (non-hydrogen) atoms. The van der Waals surface area contributed by atoms with Crippen LogP contribution in [0.5, 0.6) is 11.5 Å². The van der Waals surface area contributed by atoms with E-state index in [9.17, 15) is 14.4 Å². The van der Waals surface area contributed by atoms with Gasteiger partial charge in [-0.3, -0.25) is 9.59 Å². The first-order valence-corrected chi connectivity index (χ1v) is 15.6. The van der Waals surface area contributed by atoms with Gasteiger partial charge in [0.05, 0.1) is 24.3 Å². The van der Waals surface area contributed by atoms with Crippen LogP contribution in [0.3, 0.4) is 0 Å². The van der Waals surface area contributed by atoms with Crippen molar-refractivity contribution in [3.05, 3.63) is 23.3 Å². The number of carbonyl (C=O) groups excluding carboxylic acids is 3. The molecule has 0 aliphatic rings. The second-order valence-electron chi connectivity index (χ2n) is 12.2. The summed E-state index contributed by atoms with van der Waals surface area (Å²) in [6, 6.07) is 3.25. The predicted molar refractivity (Wildman–Crippen MR) is 171 cm³/mol. The molecule has 0 saturated heterocycles. The summed E-state index contributed by atoms with van der Waals surface area (Å²) in [7, 11) is 7.76. The maximum atomic E-state index is 13.3. The van der Waals surface area contributed by atoms with Crippen LogP contribution < -0.4 is 25.4 Å². The summed E-state index contributed by atoms with van der Waals surface area (Å²) in [5, 5.41) is 8.63. The van der Waals surface area contributed by atoms with Gasteiger partial charge < -0.3 is 40.0 Å². The van der Waals surface area contributed by atoms with Gasteiger partial charge in [0.25, 0.3) is 11.8 Å². The van der Waals surface area contributed by atoms with Crippen molar-refractivity contribution in [3.63, 3.8) is 0 Å². The van der Waals surface area contributed by atoms with E-state index in [2.05, 4.69) is 22.9 Å². The molecule has 0 unspecified atom stereocenters. The SMILES string of the molecule is CCCCCCOc1cc(OCCCCCNC(=O)OC(C)(C)C)c(C(=O)NCCN(C)C)cc1C(=O)NCCN(C)C. The van der Waals surface area contributed by atoms with Crippen LogP contribution >= 0.6 is 0 Å². The Morgan fingerprint density at radius 2 is 1.16 bits per heavy atom. The Bertz CT molecular complexity index is 978. The van der Waals surface area contributed by atoms with Gasteiger partial charge in [-0.25, -0.2) is 4.79 Å². The summed E-state index contributed by atoms with van der Waals surface area (Å²) >= 11 is 0. The smallest absolute Gasteiger partial charge is 0.407 e. The lowest BCUT2D eigenvalue weighted by atomic mass is 10.1. The fraction of sp³-hybridized carbons (Fsp3) is 0.719. The third-order valence-electron chi connectivity index (χ3n) is 6.26. The monoisotopic (exact) mass is 607 g/mol. The van der Waals surface area contributed by atoms with Gasteiger partial charge in [-0.15, -0.1) is 0 Å². The molecule has 0 heterocycles. The van der Waals surface area contributed by atoms with Crippen LogP contribution in [0, 0.1) is 0 Å². The second-order valence-corrected chi connectivity index (χ2v) is 12.2. The van der Waals surface area contributed by atoms with Gasteiger partial charge >= 0.3 is 6.09 Å². The van der Waals surface area contributed by atoms with Crippen molar-refractivity contribution >= 4 is 17.9 Å². The van der Waals surface area contributed by atoms with E-state index in [1.807, 2.05) is 58.8 Å². The highest BCUT2D eigenvalue weighted by Crippen LogP contribution is 2.30. The van der Waals surface area contributed by atoms with Crippen molar-refractivity contribution in [3.8, 4) is 11.5 Å². The largest absolute Gasteiger partial charge is 0.493 e. The molecule has 3 amide bonds. The summed E-state index contributed by atoms with van der Waals surface area (Å²) in [6.45, 7) is 11.3. The molecular weight excluding hydrogens is 550 g/mol. The minimum absolute atomic E-state index is 0.293. The average molecular weight is 608 g/mol. The molecule has 0 aliphatic carbocycles. The van der Waals surface area contributed by atoms with Crippen LogP contribution in [-0.4, -0.2) is 107 Å². The Labute approximate surface area is 259 Å². The van der Waals surface area contributed by atoms with Gasteiger partial charge in [0.15, 0.2) is 0 Å². The van der Waals surface area contributed by atoms with E-state index in [1.165, 1.54) is 0 Å². The van der Waals surface area contributed by atoms with Gasteiger partial charge in [0.1, 0.15) is 17.1 Å². The molecule has 246 valence electrons. The lowest BCUT2D eigenvalue weighted by molar-refractivity contribution is 0.0526. The fourth-order valence-corrected chi connectivity index (χ4v) is 3.93. The van der Waals surface area contributed by atoms with E-state index in [1.54, 1.807) is 12.1 Å². The summed E-state index contributed by atoms with van der Waals surface area (Å²) in [5.41, 5.74) is 0.0727. The predicted octanol–water partition coefficient (Wildman–Crippen LogP) is 4.30. The van der Waals surface area contributed by atoms with Crippen molar-refractivity contribution in [2.45, 2.75) is 78.2 Å². The highest BCUT2D eigenvalue weighted by atomic mass is 16.6. The number of nitrogens with zero attached hydrogens (tertiary/aromatic N) is 2. The number of nitrogens with one attached hydrogen (secondary N) is 3. The number of ether oxygens (including phenoxy) is 3. The van der Waals surface area contributed by atoms with Crippen LogP contribution in [0.2, 0.25) is 0 Å². The van der Waals surface area contributed by atoms with E-state index in [4.69, 9.17) is 14.2 Å². The quantitative estimate of drug-likeness (QED) is 0.177. The first-order valence-electron chi connectivity index (χ1n) is 15.6. The highest BCUT2D eigenvalue weighted by molar-refractivity contribution is 6.03. The minimum atomic E-state index is -0.533. The molecule has 0 spiro atoms. The molecule has 1 rings (SSSR count). The van der Waals surface area contributed by atoms with Gasteiger partial charge in [-0.1, -0.05) is 26.2 Å². The van der Waals surface area contributed by atoms with E-state index in [0.717, 1.165) is 44.9 Å². The van der Waals surface area contributed by atoms with Crippen molar-refractivity contribution in [2.24, 2.45) is 0 Å². The number of alkyl carbamates (subject to hydrolysis) is 1. The number of hydrogen-bond acceptors (Lipinski definition) is 8. The molecule has 3 N–H and O–H groups in total. The second kappa shape index (κ2) is 20.8. The van der Waals surface area contributed by atoms with Gasteiger partial charge in [0, 0.05) is 38.8 Å².